The third-order valence-electron chi connectivity index (χ3n) is 10.1. The SMILES string of the molecule is CC(C)C[C@@H](CO)NC(=O)[C@H](Cc1cnc[nH]1)N(C(=O)[C@H](Cc1cccc2ccccc12)NC(=O)OCc1ccccc1)C(=O)[C@@H](N)Cc1cccc2ccccc12. The summed E-state index contributed by atoms with van der Waals surface area (Å²) < 4.78 is 5.59. The average Bonchev–Trinajstić information content (AvgIpc) is 3.76. The molecule has 0 saturated carbocycles. The Labute approximate surface area is 337 Å². The summed E-state index contributed by atoms with van der Waals surface area (Å²) >= 11 is 0. The van der Waals surface area contributed by atoms with Crippen molar-refractivity contribution < 1.29 is 29.0 Å². The zero-order valence-corrected chi connectivity index (χ0v) is 32.7. The lowest BCUT2D eigenvalue weighted by molar-refractivity contribution is -0.154. The van der Waals surface area contributed by atoms with Crippen molar-refractivity contribution in [2.45, 2.75) is 70.3 Å². The van der Waals surface area contributed by atoms with Crippen LogP contribution in [0.4, 0.5) is 4.79 Å². The van der Waals surface area contributed by atoms with Gasteiger partial charge in [-0.25, -0.2) is 9.78 Å². The van der Waals surface area contributed by atoms with Gasteiger partial charge in [-0.05, 0) is 57.0 Å². The summed E-state index contributed by atoms with van der Waals surface area (Å²) in [5, 5.41) is 19.5. The van der Waals surface area contributed by atoms with E-state index in [2.05, 4.69) is 20.6 Å². The van der Waals surface area contributed by atoms with E-state index in [0.717, 1.165) is 43.1 Å². The molecule has 300 valence electrons. The molecule has 6 aromatic rings. The van der Waals surface area contributed by atoms with Crippen LogP contribution in [0.25, 0.3) is 21.5 Å². The summed E-state index contributed by atoms with van der Waals surface area (Å²) in [4.78, 5) is 66.4. The number of aliphatic hydroxyl groups is 1. The summed E-state index contributed by atoms with van der Waals surface area (Å²) in [6, 6.07) is 31.0. The van der Waals surface area contributed by atoms with Crippen molar-refractivity contribution in [2.75, 3.05) is 6.61 Å². The Morgan fingerprint density at radius 1 is 0.759 bits per heavy atom. The van der Waals surface area contributed by atoms with E-state index in [0.29, 0.717) is 12.1 Å². The second kappa shape index (κ2) is 19.7. The van der Waals surface area contributed by atoms with Crippen molar-refractivity contribution in [3.05, 3.63) is 150 Å². The van der Waals surface area contributed by atoms with Crippen LogP contribution in [0.15, 0.2) is 128 Å². The van der Waals surface area contributed by atoms with Gasteiger partial charge < -0.3 is 31.2 Å². The van der Waals surface area contributed by atoms with Gasteiger partial charge in [-0.2, -0.15) is 0 Å². The number of ether oxygens (including phenoxy) is 1. The monoisotopic (exact) mass is 782 g/mol. The number of hydrogen-bond donors (Lipinski definition) is 5. The number of fused-ring (bicyclic) bond motifs is 2. The molecule has 6 N–H and O–H groups in total. The number of H-pyrrole nitrogens is 1. The second-order valence-corrected chi connectivity index (χ2v) is 14.9. The number of benzene rings is 5. The Morgan fingerprint density at radius 2 is 1.36 bits per heavy atom. The Balaban J connectivity index is 1.42. The van der Waals surface area contributed by atoms with Gasteiger partial charge in [0.25, 0.3) is 5.91 Å². The number of carbonyl (C=O) groups excluding carboxylic acids is 4. The number of alkyl carbamates (subject to hydrolysis) is 1. The number of amides is 4. The molecule has 4 amide bonds. The van der Waals surface area contributed by atoms with Crippen LogP contribution in [0.5, 0.6) is 0 Å². The van der Waals surface area contributed by atoms with Crippen LogP contribution in [-0.2, 0) is 45.0 Å². The molecular weight excluding hydrogens is 733 g/mol. The smallest absolute Gasteiger partial charge is 0.408 e. The molecule has 0 aliphatic heterocycles. The number of imide groups is 1. The first-order valence-corrected chi connectivity index (χ1v) is 19.5. The van der Waals surface area contributed by atoms with E-state index in [4.69, 9.17) is 10.5 Å². The highest BCUT2D eigenvalue weighted by atomic mass is 16.5. The summed E-state index contributed by atoms with van der Waals surface area (Å²) in [7, 11) is 0. The van der Waals surface area contributed by atoms with Gasteiger partial charge in [0.2, 0.25) is 11.8 Å². The molecule has 1 heterocycles. The quantitative estimate of drug-likeness (QED) is 0.0792. The lowest BCUT2D eigenvalue weighted by Crippen LogP contribution is -2.63. The van der Waals surface area contributed by atoms with E-state index < -0.39 is 48.0 Å². The standard InChI is InChI=1S/C46H50N6O6/c1-30(2)22-37(27-53)50-43(54)42(25-36-26-48-29-49-36)52(44(55)40(47)23-34-18-10-16-32-14-6-8-20-38(32)34)45(56)41(51-46(57)58-28-31-12-4-3-5-13-31)24-35-19-11-17-33-15-7-9-21-39(33)35/h3-21,26,29-30,37,40-42,53H,22-25,27-28,47H2,1-2H3,(H,48,49)(H,50,54)(H,51,57)/t37-,40-,41-,42-/m0/s1. The molecule has 1 aromatic heterocycles. The fraction of sp³-hybridized carbons (Fsp3) is 0.283. The minimum atomic E-state index is -1.46. The van der Waals surface area contributed by atoms with Gasteiger partial charge in [0.1, 0.15) is 18.7 Å². The Morgan fingerprint density at radius 3 is 1.97 bits per heavy atom. The third-order valence-corrected chi connectivity index (χ3v) is 10.1. The molecule has 0 unspecified atom stereocenters. The van der Waals surface area contributed by atoms with Crippen LogP contribution >= 0.6 is 0 Å². The Kier molecular flexibility index (Phi) is 14.0. The highest BCUT2D eigenvalue weighted by Gasteiger charge is 2.42. The molecule has 0 bridgehead atoms. The zero-order chi connectivity index (χ0) is 41.0. The molecule has 4 atom stereocenters. The average molecular weight is 783 g/mol. The number of nitrogens with zero attached hydrogens (tertiary/aromatic N) is 2. The van der Waals surface area contributed by atoms with Gasteiger partial charge in [0.15, 0.2) is 0 Å². The van der Waals surface area contributed by atoms with Gasteiger partial charge in [-0.1, -0.05) is 129 Å². The molecular formula is C46H50N6O6. The number of imidazole rings is 1. The molecule has 0 saturated heterocycles. The molecule has 0 aliphatic rings. The van der Waals surface area contributed by atoms with E-state index in [-0.39, 0.29) is 38.4 Å². The van der Waals surface area contributed by atoms with Crippen molar-refractivity contribution >= 4 is 45.4 Å². The van der Waals surface area contributed by atoms with E-state index >= 15 is 4.79 Å². The zero-order valence-electron chi connectivity index (χ0n) is 32.7. The van der Waals surface area contributed by atoms with Crippen LogP contribution < -0.4 is 16.4 Å². The fourth-order valence-electron chi connectivity index (χ4n) is 7.31. The summed E-state index contributed by atoms with van der Waals surface area (Å²) in [5.74, 6) is -2.23. The first-order valence-electron chi connectivity index (χ1n) is 19.5. The van der Waals surface area contributed by atoms with E-state index in [1.54, 1.807) is 12.1 Å². The minimum Gasteiger partial charge on any atom is -0.445 e. The first-order chi connectivity index (χ1) is 28.1. The van der Waals surface area contributed by atoms with Gasteiger partial charge >= 0.3 is 6.09 Å². The topological polar surface area (TPSA) is 180 Å². The number of aromatic nitrogens is 2. The van der Waals surface area contributed by atoms with Crippen molar-refractivity contribution in [3.8, 4) is 0 Å². The van der Waals surface area contributed by atoms with E-state index in [9.17, 15) is 19.5 Å². The van der Waals surface area contributed by atoms with Gasteiger partial charge in [0, 0.05) is 24.7 Å². The molecule has 0 spiro atoms. The number of aromatic amines is 1. The molecule has 6 rings (SSSR count). The number of rotatable bonds is 17. The van der Waals surface area contributed by atoms with E-state index in [1.165, 1.54) is 12.5 Å². The maximum Gasteiger partial charge on any atom is 0.408 e. The summed E-state index contributed by atoms with van der Waals surface area (Å²) in [6.07, 6.45) is 2.36. The van der Waals surface area contributed by atoms with Crippen molar-refractivity contribution in [2.24, 2.45) is 11.7 Å². The number of nitrogens with two attached hydrogens (primary N) is 1. The maximum absolute atomic E-state index is 15.3. The predicted octanol–water partition coefficient (Wildman–Crippen LogP) is 5.61. The molecule has 12 nitrogen and oxygen atoms in total. The van der Waals surface area contributed by atoms with Crippen LogP contribution in [0.2, 0.25) is 0 Å². The number of aliphatic hydroxyl groups excluding tert-OH is 1. The molecule has 0 fully saturated rings. The van der Waals surface area contributed by atoms with Crippen molar-refractivity contribution in [1.82, 2.24) is 25.5 Å². The van der Waals surface area contributed by atoms with Crippen molar-refractivity contribution in [1.29, 1.82) is 0 Å². The highest BCUT2D eigenvalue weighted by Crippen LogP contribution is 2.24. The van der Waals surface area contributed by atoms with Crippen LogP contribution in [0.3, 0.4) is 0 Å². The lowest BCUT2D eigenvalue weighted by Gasteiger charge is -2.35. The molecule has 0 radical (unpaired) electrons. The molecule has 5 aromatic carbocycles. The van der Waals surface area contributed by atoms with Gasteiger partial charge in [-0.15, -0.1) is 0 Å². The van der Waals surface area contributed by atoms with E-state index in [1.807, 2.05) is 117 Å². The van der Waals surface area contributed by atoms with Crippen LogP contribution in [0.1, 0.15) is 42.7 Å². The number of carbonyl (C=O) groups is 4. The van der Waals surface area contributed by atoms with Crippen LogP contribution in [0, 0.1) is 5.92 Å². The normalized spacial score (nSPS) is 13.4. The molecule has 0 aliphatic carbocycles. The molecule has 58 heavy (non-hydrogen) atoms. The summed E-state index contributed by atoms with van der Waals surface area (Å²) in [6.45, 7) is 3.50. The Hall–Kier alpha value is -6.37. The largest absolute Gasteiger partial charge is 0.445 e. The maximum atomic E-state index is 15.3. The minimum absolute atomic E-state index is 0.0476. The molecule has 12 heteroatoms. The number of hydrogen-bond acceptors (Lipinski definition) is 8. The highest BCUT2D eigenvalue weighted by molar-refractivity contribution is 6.05. The fourth-order valence-corrected chi connectivity index (χ4v) is 7.31. The van der Waals surface area contributed by atoms with Crippen LogP contribution in [-0.4, -0.2) is 74.6 Å². The van der Waals surface area contributed by atoms with Crippen molar-refractivity contribution in [3.63, 3.8) is 0 Å². The predicted molar refractivity (Wildman–Crippen MR) is 223 cm³/mol. The first kappa shape index (κ1) is 41.3. The van der Waals surface area contributed by atoms with Gasteiger partial charge in [0.05, 0.1) is 25.0 Å². The third kappa shape index (κ3) is 10.5. The summed E-state index contributed by atoms with van der Waals surface area (Å²) in [5.41, 5.74) is 9.49. The number of nitrogens with one attached hydrogen (secondary N) is 3. The lowest BCUT2D eigenvalue weighted by atomic mass is 9.95. The Bertz CT molecular complexity index is 2300. The second-order valence-electron chi connectivity index (χ2n) is 14.9. The van der Waals surface area contributed by atoms with Gasteiger partial charge in [-0.3, -0.25) is 19.3 Å².